The van der Waals surface area contributed by atoms with Gasteiger partial charge in [-0.05, 0) is 56.3 Å². The number of benzene rings is 2. The van der Waals surface area contributed by atoms with Crippen molar-refractivity contribution in [2.45, 2.75) is 36.3 Å². The van der Waals surface area contributed by atoms with E-state index in [1.165, 1.54) is 11.8 Å². The van der Waals surface area contributed by atoms with Crippen molar-refractivity contribution in [1.29, 1.82) is 0 Å². The highest BCUT2D eigenvalue weighted by Gasteiger charge is 2.31. The SMILES string of the molecule is Cc1ccc(Sc2oc(-c3ccc(C)cc3)nc2C(=O)N[C@@H]2CCS(=O)(=O)C2)cc1. The van der Waals surface area contributed by atoms with Gasteiger partial charge in [0.05, 0.1) is 11.5 Å². The summed E-state index contributed by atoms with van der Waals surface area (Å²) < 4.78 is 29.4. The van der Waals surface area contributed by atoms with Crippen LogP contribution in [0.5, 0.6) is 0 Å². The second-order valence-corrected chi connectivity index (χ2v) is 10.8. The first-order valence-electron chi connectivity index (χ1n) is 9.63. The number of hydrogen-bond acceptors (Lipinski definition) is 6. The van der Waals surface area contributed by atoms with Crippen LogP contribution in [0.15, 0.2) is 62.9 Å². The van der Waals surface area contributed by atoms with Gasteiger partial charge in [0.15, 0.2) is 20.6 Å². The molecule has 3 aromatic rings. The van der Waals surface area contributed by atoms with E-state index >= 15 is 0 Å². The van der Waals surface area contributed by atoms with Crippen LogP contribution in [-0.4, -0.2) is 36.9 Å². The Balaban J connectivity index is 1.64. The van der Waals surface area contributed by atoms with Gasteiger partial charge in [0.1, 0.15) is 0 Å². The Hall–Kier alpha value is -2.58. The normalized spacial score (nSPS) is 17.7. The van der Waals surface area contributed by atoms with E-state index in [1.54, 1.807) is 0 Å². The molecule has 2 aromatic carbocycles. The van der Waals surface area contributed by atoms with Crippen LogP contribution >= 0.6 is 11.8 Å². The predicted molar refractivity (Wildman–Crippen MR) is 117 cm³/mol. The molecule has 1 amide bonds. The molecule has 1 aromatic heterocycles. The molecule has 0 saturated carbocycles. The third-order valence-electron chi connectivity index (χ3n) is 4.91. The monoisotopic (exact) mass is 442 g/mol. The van der Waals surface area contributed by atoms with Crippen LogP contribution in [0.3, 0.4) is 0 Å². The molecule has 6 nitrogen and oxygen atoms in total. The zero-order valence-electron chi connectivity index (χ0n) is 16.7. The second kappa shape index (κ2) is 8.28. The first kappa shape index (κ1) is 20.7. The van der Waals surface area contributed by atoms with Gasteiger partial charge in [-0.2, -0.15) is 0 Å². The number of oxazole rings is 1. The Morgan fingerprint density at radius 3 is 2.30 bits per heavy atom. The van der Waals surface area contributed by atoms with Gasteiger partial charge in [-0.3, -0.25) is 4.79 Å². The number of carbonyl (C=O) groups is 1. The molecule has 1 fully saturated rings. The molecule has 2 heterocycles. The molecular formula is C22H22N2O4S2. The van der Waals surface area contributed by atoms with E-state index in [9.17, 15) is 13.2 Å². The molecule has 0 spiro atoms. The summed E-state index contributed by atoms with van der Waals surface area (Å²) in [5.41, 5.74) is 3.19. The maximum atomic E-state index is 12.9. The predicted octanol–water partition coefficient (Wildman–Crippen LogP) is 4.03. The van der Waals surface area contributed by atoms with Gasteiger partial charge >= 0.3 is 0 Å². The molecule has 1 aliphatic heterocycles. The summed E-state index contributed by atoms with van der Waals surface area (Å²) in [5, 5.41) is 3.19. The van der Waals surface area contributed by atoms with E-state index in [1.807, 2.05) is 62.4 Å². The first-order valence-corrected chi connectivity index (χ1v) is 12.3. The van der Waals surface area contributed by atoms with Crippen LogP contribution in [-0.2, 0) is 9.84 Å². The van der Waals surface area contributed by atoms with E-state index < -0.39 is 21.8 Å². The summed E-state index contributed by atoms with van der Waals surface area (Å²) in [4.78, 5) is 18.3. The van der Waals surface area contributed by atoms with Crippen LogP contribution in [0.25, 0.3) is 11.5 Å². The summed E-state index contributed by atoms with van der Waals surface area (Å²) in [6, 6.07) is 15.2. The fourth-order valence-corrected chi connectivity index (χ4v) is 5.73. The Morgan fingerprint density at radius 2 is 1.70 bits per heavy atom. The minimum absolute atomic E-state index is 0.0398. The third-order valence-corrected chi connectivity index (χ3v) is 7.65. The topological polar surface area (TPSA) is 89.3 Å². The van der Waals surface area contributed by atoms with Crippen molar-refractivity contribution in [2.75, 3.05) is 11.5 Å². The van der Waals surface area contributed by atoms with Crippen LogP contribution < -0.4 is 5.32 Å². The Morgan fingerprint density at radius 1 is 1.07 bits per heavy atom. The summed E-state index contributed by atoms with van der Waals surface area (Å²) in [7, 11) is -3.09. The summed E-state index contributed by atoms with van der Waals surface area (Å²) >= 11 is 1.32. The minimum atomic E-state index is -3.09. The van der Waals surface area contributed by atoms with Gasteiger partial charge in [-0.1, -0.05) is 35.4 Å². The van der Waals surface area contributed by atoms with Crippen molar-refractivity contribution in [3.63, 3.8) is 0 Å². The average molecular weight is 443 g/mol. The maximum Gasteiger partial charge on any atom is 0.274 e. The molecule has 1 saturated heterocycles. The van der Waals surface area contributed by atoms with Gasteiger partial charge in [-0.25, -0.2) is 13.4 Å². The summed E-state index contributed by atoms with van der Waals surface area (Å²) in [5.74, 6) is -0.0132. The number of aromatic nitrogens is 1. The molecule has 1 N–H and O–H groups in total. The van der Waals surface area contributed by atoms with Gasteiger partial charge in [0.25, 0.3) is 5.91 Å². The van der Waals surface area contributed by atoms with E-state index in [0.29, 0.717) is 17.4 Å². The lowest BCUT2D eigenvalue weighted by Gasteiger charge is -2.09. The highest BCUT2D eigenvalue weighted by atomic mass is 32.2. The minimum Gasteiger partial charge on any atom is -0.429 e. The molecule has 4 rings (SSSR count). The largest absolute Gasteiger partial charge is 0.429 e. The molecule has 8 heteroatoms. The number of sulfone groups is 1. The Kier molecular flexibility index (Phi) is 5.71. The first-order chi connectivity index (χ1) is 14.3. The van der Waals surface area contributed by atoms with Crippen LogP contribution in [0, 0.1) is 13.8 Å². The molecule has 1 atom stereocenters. The molecule has 156 valence electrons. The smallest absolute Gasteiger partial charge is 0.274 e. The molecule has 0 unspecified atom stereocenters. The van der Waals surface area contributed by atoms with Gasteiger partial charge in [-0.15, -0.1) is 0 Å². The number of nitrogens with one attached hydrogen (secondary N) is 1. The van der Waals surface area contributed by atoms with E-state index in [0.717, 1.165) is 21.6 Å². The zero-order valence-corrected chi connectivity index (χ0v) is 18.3. The number of nitrogens with zero attached hydrogens (tertiary/aromatic N) is 1. The van der Waals surface area contributed by atoms with Crippen LogP contribution in [0.2, 0.25) is 0 Å². The summed E-state index contributed by atoms with van der Waals surface area (Å²) in [6.45, 7) is 4.00. The van der Waals surface area contributed by atoms with Crippen molar-refractivity contribution < 1.29 is 17.6 Å². The molecule has 0 radical (unpaired) electrons. The molecule has 30 heavy (non-hydrogen) atoms. The number of aryl methyl sites for hydroxylation is 2. The van der Waals surface area contributed by atoms with Crippen molar-refractivity contribution >= 4 is 27.5 Å². The number of hydrogen-bond donors (Lipinski definition) is 1. The van der Waals surface area contributed by atoms with E-state index in [2.05, 4.69) is 10.3 Å². The van der Waals surface area contributed by atoms with Crippen LogP contribution in [0.1, 0.15) is 28.0 Å². The lowest BCUT2D eigenvalue weighted by molar-refractivity contribution is 0.0931. The van der Waals surface area contributed by atoms with Gasteiger partial charge in [0.2, 0.25) is 5.89 Å². The van der Waals surface area contributed by atoms with E-state index in [-0.39, 0.29) is 17.2 Å². The van der Waals surface area contributed by atoms with Gasteiger partial charge in [0, 0.05) is 16.5 Å². The van der Waals surface area contributed by atoms with Gasteiger partial charge < -0.3 is 9.73 Å². The molecule has 1 aliphatic rings. The van der Waals surface area contributed by atoms with E-state index in [4.69, 9.17) is 4.42 Å². The molecule has 0 aliphatic carbocycles. The third kappa shape index (κ3) is 4.76. The summed E-state index contributed by atoms with van der Waals surface area (Å²) in [6.07, 6.45) is 0.414. The Labute approximate surface area is 180 Å². The quantitative estimate of drug-likeness (QED) is 0.642. The fraction of sp³-hybridized carbons (Fsp3) is 0.273. The van der Waals surface area contributed by atoms with Crippen molar-refractivity contribution in [2.24, 2.45) is 0 Å². The standard InChI is InChI=1S/C22H22N2O4S2/c1-14-3-7-16(8-4-14)21-24-19(20(25)23-17-11-12-30(26,27)13-17)22(28-21)29-18-9-5-15(2)6-10-18/h3-10,17H,11-13H2,1-2H3,(H,23,25)/t17-/m1/s1. The highest BCUT2D eigenvalue weighted by Crippen LogP contribution is 2.34. The Bertz CT molecular complexity index is 1170. The second-order valence-electron chi connectivity index (χ2n) is 7.51. The molecule has 0 bridgehead atoms. The number of amides is 1. The zero-order chi connectivity index (χ0) is 21.3. The van der Waals surface area contributed by atoms with Crippen LogP contribution in [0.4, 0.5) is 0 Å². The number of rotatable bonds is 5. The fourth-order valence-electron chi connectivity index (χ4n) is 3.21. The van der Waals surface area contributed by atoms with Crippen molar-refractivity contribution in [1.82, 2.24) is 10.3 Å². The average Bonchev–Trinajstić information content (AvgIpc) is 3.27. The lowest BCUT2D eigenvalue weighted by atomic mass is 10.1. The molecular weight excluding hydrogens is 420 g/mol. The van der Waals surface area contributed by atoms with Crippen molar-refractivity contribution in [3.8, 4) is 11.5 Å². The number of carbonyl (C=O) groups excluding carboxylic acids is 1. The van der Waals surface area contributed by atoms with Crippen molar-refractivity contribution in [3.05, 3.63) is 65.4 Å². The lowest BCUT2D eigenvalue weighted by Crippen LogP contribution is -2.36. The maximum absolute atomic E-state index is 12.9. The highest BCUT2D eigenvalue weighted by molar-refractivity contribution is 7.99.